The van der Waals surface area contributed by atoms with Crippen LogP contribution in [0.3, 0.4) is 0 Å². The lowest BCUT2D eigenvalue weighted by Gasteiger charge is -2.38. The van der Waals surface area contributed by atoms with Gasteiger partial charge in [0.25, 0.3) is 0 Å². The number of ether oxygens (including phenoxy) is 3. The van der Waals surface area contributed by atoms with Gasteiger partial charge >= 0.3 is 12.1 Å². The Balaban J connectivity index is 1.12. The predicted octanol–water partition coefficient (Wildman–Crippen LogP) is 1.95. The van der Waals surface area contributed by atoms with Gasteiger partial charge in [-0.05, 0) is 32.9 Å². The molecule has 0 bridgehead atoms. The zero-order valence-electron chi connectivity index (χ0n) is 21.5. The van der Waals surface area contributed by atoms with E-state index in [1.807, 2.05) is 43.7 Å². The Bertz CT molecular complexity index is 1160. The van der Waals surface area contributed by atoms with Gasteiger partial charge in [0.1, 0.15) is 11.2 Å². The van der Waals surface area contributed by atoms with Gasteiger partial charge in [0, 0.05) is 57.3 Å². The second-order valence-corrected chi connectivity index (χ2v) is 10.6. The molecule has 5 rings (SSSR count). The number of fused-ring (bicyclic) bond motifs is 1. The summed E-state index contributed by atoms with van der Waals surface area (Å²) in [4.78, 5) is 46.0. The van der Waals surface area contributed by atoms with Crippen LogP contribution >= 0.6 is 0 Å². The second kappa shape index (κ2) is 10.3. The molecule has 0 spiro atoms. The van der Waals surface area contributed by atoms with Crippen LogP contribution in [-0.4, -0.2) is 102 Å². The first-order chi connectivity index (χ1) is 17.7. The van der Waals surface area contributed by atoms with Crippen molar-refractivity contribution in [1.29, 1.82) is 0 Å². The van der Waals surface area contributed by atoms with E-state index in [-0.39, 0.29) is 30.8 Å². The first kappa shape index (κ1) is 25.4. The Labute approximate surface area is 215 Å². The van der Waals surface area contributed by atoms with Crippen molar-refractivity contribution in [2.75, 3.05) is 57.4 Å². The molecular formula is C25H34N6O6. The summed E-state index contributed by atoms with van der Waals surface area (Å²) in [5, 5.41) is 3.23. The van der Waals surface area contributed by atoms with Crippen molar-refractivity contribution in [2.45, 2.75) is 45.1 Å². The zero-order valence-corrected chi connectivity index (χ0v) is 21.5. The average molecular weight is 515 g/mol. The molecule has 12 nitrogen and oxygen atoms in total. The van der Waals surface area contributed by atoms with Gasteiger partial charge < -0.3 is 23.7 Å². The Morgan fingerprint density at radius 2 is 1.86 bits per heavy atom. The molecule has 0 saturated carbocycles. The third kappa shape index (κ3) is 5.86. The molecule has 0 atom stereocenters. The number of hydrogen-bond donors (Lipinski definition) is 1. The van der Waals surface area contributed by atoms with Gasteiger partial charge in [-0.1, -0.05) is 0 Å². The number of anilines is 1. The molecule has 3 aliphatic heterocycles. The molecule has 2 aromatic rings. The summed E-state index contributed by atoms with van der Waals surface area (Å²) in [6.45, 7) is 10.3. The van der Waals surface area contributed by atoms with Gasteiger partial charge in [-0.3, -0.25) is 19.9 Å². The topological polar surface area (TPSA) is 118 Å². The molecule has 2 aromatic heterocycles. The molecule has 200 valence electrons. The number of nitrogens with one attached hydrogen (secondary N) is 1. The lowest BCUT2D eigenvalue weighted by atomic mass is 10.2. The van der Waals surface area contributed by atoms with Crippen molar-refractivity contribution in [3.05, 3.63) is 24.5 Å². The normalized spacial score (nSPS) is 23.9. The van der Waals surface area contributed by atoms with E-state index in [0.717, 1.165) is 24.1 Å². The van der Waals surface area contributed by atoms with Crippen molar-refractivity contribution >= 4 is 34.8 Å². The van der Waals surface area contributed by atoms with Gasteiger partial charge in [0.2, 0.25) is 5.91 Å². The number of carbonyl (C=O) groups excluding carboxylic acids is 3. The highest BCUT2D eigenvalue weighted by molar-refractivity contribution is 6.06. The van der Waals surface area contributed by atoms with Crippen molar-refractivity contribution in [1.82, 2.24) is 24.7 Å². The fourth-order valence-corrected chi connectivity index (χ4v) is 4.73. The molecule has 0 aliphatic carbocycles. The van der Waals surface area contributed by atoms with E-state index in [1.54, 1.807) is 11.1 Å². The summed E-state index contributed by atoms with van der Waals surface area (Å²) in [5.41, 5.74) is 0.937. The highest BCUT2D eigenvalue weighted by Crippen LogP contribution is 2.27. The minimum atomic E-state index is -0.497. The van der Waals surface area contributed by atoms with Gasteiger partial charge in [-0.2, -0.15) is 0 Å². The maximum Gasteiger partial charge on any atom is 0.410 e. The van der Waals surface area contributed by atoms with Crippen molar-refractivity contribution in [3.63, 3.8) is 0 Å². The Morgan fingerprint density at radius 3 is 2.54 bits per heavy atom. The molecule has 3 saturated heterocycles. The lowest BCUT2D eigenvalue weighted by molar-refractivity contribution is -0.204. The van der Waals surface area contributed by atoms with Crippen LogP contribution in [-0.2, 0) is 19.0 Å². The molecule has 1 N–H and O–H groups in total. The smallest absolute Gasteiger partial charge is 0.410 e. The summed E-state index contributed by atoms with van der Waals surface area (Å²) in [6, 6.07) is 3.41. The highest BCUT2D eigenvalue weighted by atomic mass is 16.7. The third-order valence-electron chi connectivity index (χ3n) is 6.68. The van der Waals surface area contributed by atoms with Crippen LogP contribution in [0.25, 0.3) is 11.0 Å². The number of urea groups is 1. The van der Waals surface area contributed by atoms with Crippen LogP contribution in [0, 0.1) is 0 Å². The van der Waals surface area contributed by atoms with Crippen LogP contribution in [0.1, 0.15) is 33.2 Å². The molecule has 37 heavy (non-hydrogen) atoms. The number of rotatable bonds is 4. The number of aromatic nitrogens is 2. The van der Waals surface area contributed by atoms with E-state index in [1.165, 1.54) is 4.90 Å². The van der Waals surface area contributed by atoms with E-state index in [2.05, 4.69) is 15.2 Å². The summed E-state index contributed by atoms with van der Waals surface area (Å²) in [6.07, 6.45) is 3.27. The number of hydrogen-bond acceptors (Lipinski definition) is 8. The summed E-state index contributed by atoms with van der Waals surface area (Å²) >= 11 is 0. The van der Waals surface area contributed by atoms with Gasteiger partial charge in [-0.15, -0.1) is 0 Å². The average Bonchev–Trinajstić information content (AvgIpc) is 3.27. The van der Waals surface area contributed by atoms with Crippen LogP contribution in [0.4, 0.5) is 15.3 Å². The van der Waals surface area contributed by atoms with Gasteiger partial charge in [0.15, 0.2) is 6.29 Å². The molecule has 3 fully saturated rings. The molecule has 3 aliphatic rings. The van der Waals surface area contributed by atoms with Crippen molar-refractivity contribution < 1.29 is 28.6 Å². The summed E-state index contributed by atoms with van der Waals surface area (Å²) in [5.74, 6) is -0.264. The third-order valence-corrected chi connectivity index (χ3v) is 6.68. The molecule has 4 amide bonds. The van der Waals surface area contributed by atoms with Crippen LogP contribution in [0.2, 0.25) is 0 Å². The number of imide groups is 1. The molecule has 0 radical (unpaired) electrons. The minimum absolute atomic E-state index is 0.0213. The number of pyridine rings is 1. The molecule has 0 aromatic carbocycles. The summed E-state index contributed by atoms with van der Waals surface area (Å²) < 4.78 is 19.6. The fourth-order valence-electron chi connectivity index (χ4n) is 4.73. The van der Waals surface area contributed by atoms with Crippen LogP contribution in [0.5, 0.6) is 0 Å². The summed E-state index contributed by atoms with van der Waals surface area (Å²) in [7, 11) is 0. The van der Waals surface area contributed by atoms with Crippen LogP contribution < -0.4 is 10.2 Å². The maximum atomic E-state index is 12.3. The monoisotopic (exact) mass is 514 g/mol. The number of carbonyl (C=O) groups is 3. The second-order valence-electron chi connectivity index (χ2n) is 10.6. The highest BCUT2D eigenvalue weighted by Gasteiger charge is 2.30. The lowest BCUT2D eigenvalue weighted by Crippen LogP contribution is -2.52. The van der Waals surface area contributed by atoms with E-state index in [9.17, 15) is 14.4 Å². The quantitative estimate of drug-likeness (QED) is 0.658. The fraction of sp³-hybridized carbons (Fsp3) is 0.600. The first-order valence-corrected chi connectivity index (χ1v) is 12.7. The van der Waals surface area contributed by atoms with Crippen molar-refractivity contribution in [3.8, 4) is 0 Å². The minimum Gasteiger partial charge on any atom is -0.444 e. The molecule has 5 heterocycles. The molecule has 0 unspecified atom stereocenters. The van der Waals surface area contributed by atoms with E-state index >= 15 is 0 Å². The molecule has 12 heteroatoms. The maximum absolute atomic E-state index is 12.3. The Morgan fingerprint density at radius 1 is 1.14 bits per heavy atom. The number of amides is 4. The van der Waals surface area contributed by atoms with E-state index in [4.69, 9.17) is 14.2 Å². The van der Waals surface area contributed by atoms with Crippen molar-refractivity contribution in [2.24, 2.45) is 0 Å². The van der Waals surface area contributed by atoms with E-state index in [0.29, 0.717) is 45.1 Å². The van der Waals surface area contributed by atoms with E-state index < -0.39 is 11.6 Å². The molecular weight excluding hydrogens is 480 g/mol. The SMILES string of the molecule is CC(C)(C)OC(=O)N1CCN(CC2OCC(n3ccc4cc(N5CCC(=O)NC5=O)cnc43)CO2)CC1. The number of piperazine rings is 1. The van der Waals surface area contributed by atoms with Crippen LogP contribution in [0.15, 0.2) is 24.5 Å². The van der Waals surface area contributed by atoms with Gasteiger partial charge in [-0.25, -0.2) is 14.6 Å². The standard InChI is InChI=1S/C25H34N6O6/c1-25(2,3)37-24(34)29-10-8-28(9-11-29)14-21-35-15-19(16-36-21)30-6-4-17-12-18(13-26-22(17)30)31-7-5-20(32)27-23(31)33/h4,6,12-13,19,21H,5,7-11,14-16H2,1-3H3,(H,27,32,33). The Kier molecular flexibility index (Phi) is 7.06. The first-order valence-electron chi connectivity index (χ1n) is 12.7. The number of nitrogens with zero attached hydrogens (tertiary/aromatic N) is 5. The van der Waals surface area contributed by atoms with Gasteiger partial charge in [0.05, 0.1) is 31.1 Å². The largest absolute Gasteiger partial charge is 0.444 e. The zero-order chi connectivity index (χ0) is 26.2. The Hall–Kier alpha value is -3.22. The predicted molar refractivity (Wildman–Crippen MR) is 134 cm³/mol.